The van der Waals surface area contributed by atoms with Crippen molar-refractivity contribution in [3.05, 3.63) is 140 Å². The lowest BCUT2D eigenvalue weighted by atomic mass is 10.1. The number of carboxylic acid groups (broad SMARTS) is 1. The predicted molar refractivity (Wildman–Crippen MR) is 191 cm³/mol. The highest BCUT2D eigenvalue weighted by molar-refractivity contribution is 5.66. The molecule has 0 unspecified atom stereocenters. The quantitative estimate of drug-likeness (QED) is 0.123. The van der Waals surface area contributed by atoms with Gasteiger partial charge < -0.3 is 21.1 Å². The molecule has 1 aliphatic rings. The first-order chi connectivity index (χ1) is 24.7. The Morgan fingerprint density at radius 2 is 1.65 bits per heavy atom. The van der Waals surface area contributed by atoms with E-state index in [1.165, 1.54) is 6.92 Å². The number of nitrogens with two attached hydrogens (primary N) is 1. The second kappa shape index (κ2) is 16.4. The molecule has 4 N–H and O–H groups in total. The molecule has 14 heteroatoms. The van der Waals surface area contributed by atoms with Gasteiger partial charge in [0, 0.05) is 68.7 Å². The molecule has 1 aromatic heterocycles. The first kappa shape index (κ1) is 38.0. The van der Waals surface area contributed by atoms with E-state index in [0.29, 0.717) is 56.9 Å². The third-order valence-corrected chi connectivity index (χ3v) is 9.28. The zero-order chi connectivity index (χ0) is 37.6. The number of aromatic nitrogens is 2. The number of hydrogen-bond donors (Lipinski definition) is 3. The van der Waals surface area contributed by atoms with Crippen molar-refractivity contribution in [2.45, 2.75) is 51.6 Å². The molecule has 0 bridgehead atoms. The highest BCUT2D eigenvalue weighted by atomic mass is 19.4. The number of halogens is 4. The molecule has 0 amide bonds. The monoisotopic (exact) mass is 722 g/mol. The van der Waals surface area contributed by atoms with Crippen molar-refractivity contribution >= 4 is 17.4 Å². The van der Waals surface area contributed by atoms with Gasteiger partial charge >= 0.3 is 17.8 Å². The Bertz CT molecular complexity index is 2020. The van der Waals surface area contributed by atoms with Crippen LogP contribution in [0.4, 0.5) is 23.2 Å². The molecule has 3 aromatic carbocycles. The summed E-state index contributed by atoms with van der Waals surface area (Å²) in [6.45, 7) is 7.48. The van der Waals surface area contributed by atoms with Gasteiger partial charge in [0.15, 0.2) is 0 Å². The van der Waals surface area contributed by atoms with E-state index in [1.54, 1.807) is 30.3 Å². The fourth-order valence-electron chi connectivity index (χ4n) is 6.47. The summed E-state index contributed by atoms with van der Waals surface area (Å²) in [4.78, 5) is 42.9. The van der Waals surface area contributed by atoms with Crippen molar-refractivity contribution in [3.8, 4) is 0 Å². The largest absolute Gasteiger partial charge is 0.481 e. The maximum atomic E-state index is 15.0. The number of alkyl halides is 3. The van der Waals surface area contributed by atoms with E-state index >= 15 is 4.39 Å². The highest BCUT2D eigenvalue weighted by Crippen LogP contribution is 2.33. The third-order valence-electron chi connectivity index (χ3n) is 9.28. The van der Waals surface area contributed by atoms with Gasteiger partial charge in [-0.15, -0.1) is 0 Å². The Kier molecular flexibility index (Phi) is 12.0. The molecule has 1 fully saturated rings. The Hall–Kier alpha value is -5.21. The van der Waals surface area contributed by atoms with E-state index in [4.69, 9.17) is 10.8 Å². The molecule has 0 saturated carbocycles. The molecular formula is C38H42F4N6O4. The minimum Gasteiger partial charge on any atom is -0.481 e. The number of nitrogens with one attached hydrogen (secondary N) is 1. The van der Waals surface area contributed by atoms with E-state index in [1.807, 2.05) is 29.2 Å². The topological polar surface area (TPSA) is 126 Å². The molecule has 0 spiro atoms. The SMILES string of the molecule is C=C(NCCCC(=O)O)c1cccc(CN2CCN(c3c(C)n(Cc4c(F)cccc4C(F)(F)F)c(=O)n(C[C@H](N)c4ccccc4)c3=O)CC2)c1. The number of anilines is 1. The van der Waals surface area contributed by atoms with Gasteiger partial charge in [0.05, 0.1) is 18.7 Å². The minimum atomic E-state index is -4.87. The van der Waals surface area contributed by atoms with Crippen LogP contribution in [0.15, 0.2) is 89.0 Å². The van der Waals surface area contributed by atoms with Gasteiger partial charge in [-0.2, -0.15) is 13.2 Å². The average molecular weight is 723 g/mol. The number of aliphatic carboxylic acids is 1. The van der Waals surface area contributed by atoms with Gasteiger partial charge in [0.2, 0.25) is 0 Å². The molecule has 1 saturated heterocycles. The summed E-state index contributed by atoms with van der Waals surface area (Å²) in [6.07, 6.45) is -4.34. The Balaban J connectivity index is 1.41. The first-order valence-electron chi connectivity index (χ1n) is 16.9. The summed E-state index contributed by atoms with van der Waals surface area (Å²) in [5, 5.41) is 12.0. The zero-order valence-electron chi connectivity index (χ0n) is 28.8. The molecule has 2 heterocycles. The van der Waals surface area contributed by atoms with Gasteiger partial charge in [-0.3, -0.25) is 23.6 Å². The van der Waals surface area contributed by atoms with Crippen LogP contribution < -0.4 is 27.2 Å². The van der Waals surface area contributed by atoms with Crippen LogP contribution in [-0.2, 0) is 30.6 Å². The Morgan fingerprint density at radius 3 is 2.33 bits per heavy atom. The van der Waals surface area contributed by atoms with Crippen LogP contribution in [0.5, 0.6) is 0 Å². The van der Waals surface area contributed by atoms with Gasteiger partial charge in [-0.05, 0) is 48.2 Å². The summed E-state index contributed by atoms with van der Waals surface area (Å²) in [5.41, 5.74) is 6.55. The average Bonchev–Trinajstić information content (AvgIpc) is 3.11. The van der Waals surface area contributed by atoms with E-state index in [-0.39, 0.29) is 24.3 Å². The minimum absolute atomic E-state index is 0.0620. The molecule has 10 nitrogen and oxygen atoms in total. The number of carboxylic acids is 1. The summed E-state index contributed by atoms with van der Waals surface area (Å²) < 4.78 is 59.0. The number of hydrogen-bond acceptors (Lipinski definition) is 7. The van der Waals surface area contributed by atoms with Crippen LogP contribution in [0.2, 0.25) is 0 Å². The molecule has 1 atom stereocenters. The maximum absolute atomic E-state index is 15.0. The van der Waals surface area contributed by atoms with Crippen LogP contribution in [0.3, 0.4) is 0 Å². The second-order valence-electron chi connectivity index (χ2n) is 12.9. The number of piperazine rings is 1. The van der Waals surface area contributed by atoms with E-state index in [0.717, 1.165) is 38.5 Å². The van der Waals surface area contributed by atoms with Crippen molar-refractivity contribution < 1.29 is 27.5 Å². The number of nitrogens with zero attached hydrogens (tertiary/aromatic N) is 4. The van der Waals surface area contributed by atoms with Gasteiger partial charge in [-0.25, -0.2) is 9.18 Å². The Morgan fingerprint density at radius 1 is 0.962 bits per heavy atom. The van der Waals surface area contributed by atoms with Gasteiger partial charge in [-0.1, -0.05) is 61.2 Å². The molecule has 1 aliphatic heterocycles. The van der Waals surface area contributed by atoms with Crippen molar-refractivity contribution in [2.24, 2.45) is 5.73 Å². The van der Waals surface area contributed by atoms with Gasteiger partial charge in [0.1, 0.15) is 11.5 Å². The standard InChI is InChI=1S/C38H42F4N6O4/c1-25(44-16-8-15-34(49)50)29-12-6-9-27(21-29)22-45-17-19-46(20-18-45)35-26(2)47(23-30-31(38(40,41)42)13-7-14-32(30)39)37(52)48(36(35)51)24-33(43)28-10-4-3-5-11-28/h3-7,9-14,21,33,44H,1,8,15-20,22-24,43H2,2H3,(H,49,50)/t33-/m0/s1. The molecule has 276 valence electrons. The summed E-state index contributed by atoms with van der Waals surface area (Å²) in [5.74, 6) is -1.97. The van der Waals surface area contributed by atoms with Crippen LogP contribution in [-0.4, -0.2) is 57.8 Å². The van der Waals surface area contributed by atoms with E-state index in [9.17, 15) is 27.6 Å². The lowest BCUT2D eigenvalue weighted by molar-refractivity contribution is -0.138. The van der Waals surface area contributed by atoms with Crippen molar-refractivity contribution in [3.63, 3.8) is 0 Å². The summed E-state index contributed by atoms with van der Waals surface area (Å²) in [6, 6.07) is 18.5. The van der Waals surface area contributed by atoms with Gasteiger partial charge in [0.25, 0.3) is 5.56 Å². The number of rotatable bonds is 14. The second-order valence-corrected chi connectivity index (χ2v) is 12.9. The molecule has 0 radical (unpaired) electrons. The third kappa shape index (κ3) is 8.98. The molecule has 4 aromatic rings. The fourth-order valence-corrected chi connectivity index (χ4v) is 6.47. The molecule has 52 heavy (non-hydrogen) atoms. The predicted octanol–water partition coefficient (Wildman–Crippen LogP) is 4.97. The van der Waals surface area contributed by atoms with E-state index in [2.05, 4.69) is 16.8 Å². The van der Waals surface area contributed by atoms with Crippen LogP contribution >= 0.6 is 0 Å². The van der Waals surface area contributed by atoms with E-state index < -0.39 is 52.9 Å². The van der Waals surface area contributed by atoms with Crippen LogP contribution in [0.1, 0.15) is 52.4 Å². The van der Waals surface area contributed by atoms with Crippen LogP contribution in [0, 0.1) is 12.7 Å². The fraction of sp³-hybridized carbons (Fsp3) is 0.342. The maximum Gasteiger partial charge on any atom is 0.416 e. The molecule has 0 aliphatic carbocycles. The lowest BCUT2D eigenvalue weighted by Gasteiger charge is -2.37. The first-order valence-corrected chi connectivity index (χ1v) is 16.9. The van der Waals surface area contributed by atoms with Crippen LogP contribution in [0.25, 0.3) is 5.70 Å². The zero-order valence-corrected chi connectivity index (χ0v) is 28.8. The normalized spacial score (nSPS) is 14.3. The molecule has 5 rings (SSSR count). The Labute approximate surface area is 298 Å². The van der Waals surface area contributed by atoms with Crippen molar-refractivity contribution in [1.82, 2.24) is 19.4 Å². The van der Waals surface area contributed by atoms with Crippen molar-refractivity contribution in [1.29, 1.82) is 0 Å². The molecular weight excluding hydrogens is 680 g/mol. The summed E-state index contributed by atoms with van der Waals surface area (Å²) in [7, 11) is 0. The van der Waals surface area contributed by atoms with Crippen molar-refractivity contribution in [2.75, 3.05) is 37.6 Å². The summed E-state index contributed by atoms with van der Waals surface area (Å²) >= 11 is 0. The number of benzene rings is 3. The number of carbonyl (C=O) groups is 1. The highest BCUT2D eigenvalue weighted by Gasteiger charge is 2.35. The smallest absolute Gasteiger partial charge is 0.416 e. The lowest BCUT2D eigenvalue weighted by Crippen LogP contribution is -2.51.